The third kappa shape index (κ3) is 2.89. The summed E-state index contributed by atoms with van der Waals surface area (Å²) in [6.07, 6.45) is 0. The van der Waals surface area contributed by atoms with Crippen molar-refractivity contribution in [1.82, 2.24) is 0 Å². The fourth-order valence-electron chi connectivity index (χ4n) is 1.77. The van der Waals surface area contributed by atoms with Crippen LogP contribution in [-0.2, 0) is 10.0 Å². The number of aryl methyl sites for hydroxylation is 1. The zero-order valence-electron chi connectivity index (χ0n) is 10.8. The molecule has 2 N–H and O–H groups in total. The molecule has 0 saturated carbocycles. The van der Waals surface area contributed by atoms with Gasteiger partial charge in [0, 0.05) is 0 Å². The molecule has 0 amide bonds. The molecule has 2 aromatic rings. The number of thiophene rings is 1. The minimum atomic E-state index is -4.07. The molecular formula is C13H10N2O4S2. The van der Waals surface area contributed by atoms with Gasteiger partial charge in [-0.25, -0.2) is 13.2 Å². The Bertz CT molecular complexity index is 847. The molecule has 0 spiro atoms. The van der Waals surface area contributed by atoms with Crippen molar-refractivity contribution in [3.05, 3.63) is 45.6 Å². The van der Waals surface area contributed by atoms with Gasteiger partial charge >= 0.3 is 5.97 Å². The Morgan fingerprint density at radius 1 is 1.38 bits per heavy atom. The lowest BCUT2D eigenvalue weighted by Crippen LogP contribution is -2.16. The van der Waals surface area contributed by atoms with E-state index in [1.54, 1.807) is 19.1 Å². The van der Waals surface area contributed by atoms with Crippen molar-refractivity contribution in [2.45, 2.75) is 11.8 Å². The standard InChI is InChI=1S/C13H10N2O4S2/c1-8-3-2-4-10(9(8)7-14)15-21(18,19)11-5-6-20-12(11)13(16)17/h2-6,15H,1H3,(H,16,17). The summed E-state index contributed by atoms with van der Waals surface area (Å²) in [4.78, 5) is 10.4. The number of nitrogens with one attached hydrogen (secondary N) is 1. The first kappa shape index (κ1) is 15.0. The van der Waals surface area contributed by atoms with Crippen LogP contribution in [0.25, 0.3) is 0 Å². The van der Waals surface area contributed by atoms with E-state index in [0.717, 1.165) is 11.3 Å². The second kappa shape index (κ2) is 5.55. The molecule has 0 bridgehead atoms. The van der Waals surface area contributed by atoms with E-state index in [0.29, 0.717) is 5.56 Å². The largest absolute Gasteiger partial charge is 0.477 e. The summed E-state index contributed by atoms with van der Waals surface area (Å²) in [5.41, 5.74) is 0.953. The highest BCUT2D eigenvalue weighted by molar-refractivity contribution is 7.93. The highest BCUT2D eigenvalue weighted by Gasteiger charge is 2.24. The van der Waals surface area contributed by atoms with Crippen molar-refractivity contribution in [3.8, 4) is 6.07 Å². The van der Waals surface area contributed by atoms with E-state index in [1.165, 1.54) is 17.5 Å². The van der Waals surface area contributed by atoms with Gasteiger partial charge < -0.3 is 5.11 Å². The normalized spacial score (nSPS) is 10.9. The summed E-state index contributed by atoms with van der Waals surface area (Å²) in [6, 6.07) is 7.90. The van der Waals surface area contributed by atoms with Gasteiger partial charge in [-0.3, -0.25) is 4.72 Å². The first-order chi connectivity index (χ1) is 9.86. The molecule has 0 aliphatic rings. The van der Waals surface area contributed by atoms with Gasteiger partial charge in [0.15, 0.2) is 0 Å². The van der Waals surface area contributed by atoms with Crippen molar-refractivity contribution >= 4 is 33.0 Å². The minimum Gasteiger partial charge on any atom is -0.477 e. The van der Waals surface area contributed by atoms with Crippen LogP contribution in [0.5, 0.6) is 0 Å². The lowest BCUT2D eigenvalue weighted by molar-refractivity contribution is 0.0698. The summed E-state index contributed by atoms with van der Waals surface area (Å²) in [5, 5.41) is 19.5. The van der Waals surface area contributed by atoms with Crippen LogP contribution >= 0.6 is 11.3 Å². The fraction of sp³-hybridized carbons (Fsp3) is 0.0769. The molecule has 21 heavy (non-hydrogen) atoms. The predicted octanol–water partition coefficient (Wildman–Crippen LogP) is 2.43. The van der Waals surface area contributed by atoms with E-state index in [4.69, 9.17) is 10.4 Å². The van der Waals surface area contributed by atoms with E-state index in [9.17, 15) is 13.2 Å². The average molecular weight is 322 g/mol. The maximum absolute atomic E-state index is 12.3. The van der Waals surface area contributed by atoms with Crippen molar-refractivity contribution in [2.75, 3.05) is 4.72 Å². The number of sulfonamides is 1. The Labute approximate surface area is 125 Å². The van der Waals surface area contributed by atoms with Gasteiger partial charge in [-0.05, 0) is 30.0 Å². The quantitative estimate of drug-likeness (QED) is 0.899. The number of nitrogens with zero attached hydrogens (tertiary/aromatic N) is 1. The lowest BCUT2D eigenvalue weighted by Gasteiger charge is -2.10. The first-order valence-corrected chi connectivity index (χ1v) is 8.06. The van der Waals surface area contributed by atoms with Crippen LogP contribution in [0.3, 0.4) is 0 Å². The molecular weight excluding hydrogens is 312 g/mol. The number of nitriles is 1. The molecule has 0 aliphatic carbocycles. The molecule has 8 heteroatoms. The van der Waals surface area contributed by atoms with Gasteiger partial charge in [-0.15, -0.1) is 11.3 Å². The molecule has 0 radical (unpaired) electrons. The number of carbonyl (C=O) groups is 1. The molecule has 6 nitrogen and oxygen atoms in total. The van der Waals surface area contributed by atoms with Gasteiger partial charge in [0.25, 0.3) is 10.0 Å². The Hall–Kier alpha value is -2.37. The zero-order valence-corrected chi connectivity index (χ0v) is 12.5. The Morgan fingerprint density at radius 3 is 2.71 bits per heavy atom. The van der Waals surface area contributed by atoms with Gasteiger partial charge in [-0.1, -0.05) is 12.1 Å². The second-order valence-electron chi connectivity index (χ2n) is 4.13. The number of aromatic carboxylic acids is 1. The number of anilines is 1. The Balaban J connectivity index is 2.49. The highest BCUT2D eigenvalue weighted by Crippen LogP contribution is 2.26. The minimum absolute atomic E-state index is 0.125. The van der Waals surface area contributed by atoms with Crippen LogP contribution in [-0.4, -0.2) is 19.5 Å². The summed E-state index contributed by atoms with van der Waals surface area (Å²) in [5.74, 6) is -1.31. The average Bonchev–Trinajstić information content (AvgIpc) is 2.88. The summed E-state index contributed by atoms with van der Waals surface area (Å²) < 4.78 is 26.8. The number of rotatable bonds is 4. The smallest absolute Gasteiger partial charge is 0.347 e. The van der Waals surface area contributed by atoms with Crippen LogP contribution in [0.1, 0.15) is 20.8 Å². The fourth-order valence-corrected chi connectivity index (χ4v) is 4.10. The van der Waals surface area contributed by atoms with E-state index in [2.05, 4.69) is 4.72 Å². The molecule has 2 rings (SSSR count). The van der Waals surface area contributed by atoms with Crippen molar-refractivity contribution in [3.63, 3.8) is 0 Å². The summed E-state index contributed by atoms with van der Waals surface area (Å²) in [7, 11) is -4.07. The van der Waals surface area contributed by atoms with Crippen molar-refractivity contribution < 1.29 is 18.3 Å². The molecule has 0 aliphatic heterocycles. The zero-order chi connectivity index (χ0) is 15.6. The third-order valence-corrected chi connectivity index (χ3v) is 5.18. The van der Waals surface area contributed by atoms with Gasteiger partial charge in [0.1, 0.15) is 15.8 Å². The van der Waals surface area contributed by atoms with E-state index >= 15 is 0 Å². The number of benzene rings is 1. The summed E-state index contributed by atoms with van der Waals surface area (Å²) in [6.45, 7) is 1.68. The van der Waals surface area contributed by atoms with Crippen LogP contribution in [0.15, 0.2) is 34.5 Å². The highest BCUT2D eigenvalue weighted by atomic mass is 32.2. The topological polar surface area (TPSA) is 107 Å². The van der Waals surface area contributed by atoms with Crippen LogP contribution < -0.4 is 4.72 Å². The number of carboxylic acids is 1. The molecule has 0 fully saturated rings. The molecule has 1 heterocycles. The number of carboxylic acid groups (broad SMARTS) is 1. The molecule has 108 valence electrons. The third-order valence-electron chi connectivity index (χ3n) is 2.74. The van der Waals surface area contributed by atoms with Crippen LogP contribution in [0, 0.1) is 18.3 Å². The van der Waals surface area contributed by atoms with E-state index in [-0.39, 0.29) is 21.0 Å². The van der Waals surface area contributed by atoms with Gasteiger partial charge in [-0.2, -0.15) is 5.26 Å². The SMILES string of the molecule is Cc1cccc(NS(=O)(=O)c2ccsc2C(=O)O)c1C#N. The maximum atomic E-state index is 12.3. The molecule has 1 aromatic carbocycles. The summed E-state index contributed by atoms with van der Waals surface area (Å²) >= 11 is 0.824. The molecule has 0 unspecified atom stereocenters. The van der Waals surface area contributed by atoms with E-state index in [1.807, 2.05) is 6.07 Å². The molecule has 0 atom stereocenters. The van der Waals surface area contributed by atoms with Crippen LogP contribution in [0.4, 0.5) is 5.69 Å². The molecule has 1 aromatic heterocycles. The first-order valence-electron chi connectivity index (χ1n) is 5.70. The molecule has 0 saturated heterocycles. The van der Waals surface area contributed by atoms with Crippen LogP contribution in [0.2, 0.25) is 0 Å². The number of hydrogen-bond acceptors (Lipinski definition) is 5. The number of hydrogen-bond donors (Lipinski definition) is 2. The van der Waals surface area contributed by atoms with Crippen molar-refractivity contribution in [2.24, 2.45) is 0 Å². The second-order valence-corrected chi connectivity index (χ2v) is 6.70. The Kier molecular flexibility index (Phi) is 3.97. The predicted molar refractivity (Wildman–Crippen MR) is 78.0 cm³/mol. The Morgan fingerprint density at radius 2 is 2.10 bits per heavy atom. The maximum Gasteiger partial charge on any atom is 0.347 e. The van der Waals surface area contributed by atoms with Gasteiger partial charge in [0.2, 0.25) is 0 Å². The lowest BCUT2D eigenvalue weighted by atomic mass is 10.1. The van der Waals surface area contributed by atoms with E-state index < -0.39 is 16.0 Å². The monoisotopic (exact) mass is 322 g/mol. The van der Waals surface area contributed by atoms with Gasteiger partial charge in [0.05, 0.1) is 11.3 Å². The van der Waals surface area contributed by atoms with Crippen molar-refractivity contribution in [1.29, 1.82) is 5.26 Å².